The van der Waals surface area contributed by atoms with Crippen LogP contribution in [-0.2, 0) is 41.5 Å². The van der Waals surface area contributed by atoms with Crippen molar-refractivity contribution in [1.82, 2.24) is 14.3 Å². The average molecular weight is 503 g/mol. The van der Waals surface area contributed by atoms with Crippen molar-refractivity contribution in [2.45, 2.75) is 45.6 Å². The Kier molecular flexibility index (Phi) is 12.6. The number of rotatable bonds is 10. The molecule has 0 bridgehead atoms. The van der Waals surface area contributed by atoms with E-state index in [1.54, 1.807) is 24.4 Å². The Hall–Kier alpha value is -0.560. The van der Waals surface area contributed by atoms with Crippen molar-refractivity contribution >= 4 is 58.2 Å². The van der Waals surface area contributed by atoms with E-state index in [2.05, 4.69) is 10.5 Å². The highest BCUT2D eigenvalue weighted by molar-refractivity contribution is 8.15. The highest BCUT2D eigenvalue weighted by Gasteiger charge is 2.39. The third-order valence-electron chi connectivity index (χ3n) is 4.01. The van der Waals surface area contributed by atoms with Crippen LogP contribution in [0.2, 0.25) is 0 Å². The van der Waals surface area contributed by atoms with E-state index < -0.39 is 23.7 Å². The number of nitrogens with one attached hydrogen (secondary N) is 1. The minimum absolute atomic E-state index is 0.0204. The summed E-state index contributed by atoms with van der Waals surface area (Å²) in [4.78, 5) is 30.0. The molecule has 0 heterocycles. The van der Waals surface area contributed by atoms with Gasteiger partial charge in [0, 0.05) is 20.1 Å². The standard InChI is InChI=1S/C16H31N4O6PS3/c1-6-24-27(28,25-7-2)20(13-10-8-9-11-13)30(23)12-17-16(22)26-18-14(29-5)15(21)19(3)4/h13H,6-12H2,1-5H3,(H,17,22). The van der Waals surface area contributed by atoms with Crippen LogP contribution in [-0.4, -0.2) is 75.7 Å². The molecule has 10 nitrogen and oxygen atoms in total. The van der Waals surface area contributed by atoms with Crippen LogP contribution in [0.15, 0.2) is 5.16 Å². The first-order valence-corrected chi connectivity index (χ1v) is 14.6. The lowest BCUT2D eigenvalue weighted by Gasteiger charge is -2.35. The summed E-state index contributed by atoms with van der Waals surface area (Å²) in [5, 5.41) is 6.00. The lowest BCUT2D eigenvalue weighted by atomic mass is 10.3. The van der Waals surface area contributed by atoms with Crippen LogP contribution in [0.3, 0.4) is 0 Å². The quantitative estimate of drug-likeness (QED) is 0.160. The van der Waals surface area contributed by atoms with Crippen LogP contribution in [0, 0.1) is 0 Å². The van der Waals surface area contributed by atoms with E-state index in [9.17, 15) is 13.8 Å². The molecule has 0 aromatic carbocycles. The first-order valence-electron chi connectivity index (χ1n) is 9.55. The number of hydrogen-bond donors (Lipinski definition) is 1. The van der Waals surface area contributed by atoms with Gasteiger partial charge in [-0.2, -0.15) is 0 Å². The molecule has 14 heteroatoms. The largest absolute Gasteiger partial charge is 0.434 e. The van der Waals surface area contributed by atoms with Gasteiger partial charge in [0.05, 0.1) is 13.2 Å². The number of amides is 2. The highest BCUT2D eigenvalue weighted by Crippen LogP contribution is 2.56. The monoisotopic (exact) mass is 502 g/mol. The van der Waals surface area contributed by atoms with Gasteiger partial charge in [0.1, 0.15) is 16.9 Å². The van der Waals surface area contributed by atoms with Crippen molar-refractivity contribution in [2.75, 3.05) is 39.4 Å². The molecular formula is C16H31N4O6PS3. The summed E-state index contributed by atoms with van der Waals surface area (Å²) in [6.07, 6.45) is 4.41. The van der Waals surface area contributed by atoms with Crippen molar-refractivity contribution in [1.29, 1.82) is 0 Å². The fourth-order valence-corrected chi connectivity index (χ4v) is 8.76. The van der Waals surface area contributed by atoms with Gasteiger partial charge in [-0.15, -0.1) is 15.8 Å². The van der Waals surface area contributed by atoms with Crippen molar-refractivity contribution in [3.63, 3.8) is 0 Å². The molecule has 30 heavy (non-hydrogen) atoms. The molecule has 2 amide bonds. The Bertz CT molecular complexity index is 678. The Morgan fingerprint density at radius 1 is 1.23 bits per heavy atom. The predicted octanol–water partition coefficient (Wildman–Crippen LogP) is 2.64. The minimum atomic E-state index is -2.96. The summed E-state index contributed by atoms with van der Waals surface area (Å²) in [7, 11) is 1.45. The molecule has 0 aliphatic heterocycles. The smallest absolute Gasteiger partial charge is 0.343 e. The zero-order valence-corrected chi connectivity index (χ0v) is 21.3. The van der Waals surface area contributed by atoms with Crippen molar-refractivity contribution in [2.24, 2.45) is 5.16 Å². The zero-order valence-electron chi connectivity index (χ0n) is 18.0. The number of hydrogen-bond acceptors (Lipinski definition) is 9. The van der Waals surface area contributed by atoms with Gasteiger partial charge in [-0.1, -0.05) is 18.0 Å². The van der Waals surface area contributed by atoms with E-state index >= 15 is 0 Å². The third kappa shape index (κ3) is 8.18. The molecule has 1 aliphatic carbocycles. The number of thioether (sulfide) groups is 1. The molecule has 0 spiro atoms. The maximum absolute atomic E-state index is 13.1. The summed E-state index contributed by atoms with van der Waals surface area (Å²) in [6, 6.07) is -0.0357. The van der Waals surface area contributed by atoms with Crippen LogP contribution in [0.4, 0.5) is 4.79 Å². The number of oxime groups is 1. The van der Waals surface area contributed by atoms with Gasteiger partial charge in [-0.3, -0.25) is 9.63 Å². The van der Waals surface area contributed by atoms with E-state index in [0.29, 0.717) is 13.2 Å². The van der Waals surface area contributed by atoms with Crippen LogP contribution < -0.4 is 5.32 Å². The van der Waals surface area contributed by atoms with Gasteiger partial charge in [-0.25, -0.2) is 9.00 Å². The first-order chi connectivity index (χ1) is 14.2. The van der Waals surface area contributed by atoms with Crippen molar-refractivity contribution in [3.05, 3.63) is 0 Å². The highest BCUT2D eigenvalue weighted by atomic mass is 32.5. The zero-order chi connectivity index (χ0) is 22.7. The molecule has 1 N–H and O–H groups in total. The number of carbonyl (C=O) groups is 2. The Balaban J connectivity index is 2.83. The maximum atomic E-state index is 13.1. The molecule has 1 rings (SSSR count). The van der Waals surface area contributed by atoms with Gasteiger partial charge in [0.15, 0.2) is 0 Å². The van der Waals surface area contributed by atoms with E-state index in [0.717, 1.165) is 37.4 Å². The fourth-order valence-electron chi connectivity index (χ4n) is 2.74. The second kappa shape index (κ2) is 13.8. The molecule has 0 aromatic heterocycles. The molecule has 1 atom stereocenters. The lowest BCUT2D eigenvalue weighted by molar-refractivity contribution is -0.121. The van der Waals surface area contributed by atoms with Gasteiger partial charge in [0.25, 0.3) is 12.5 Å². The predicted molar refractivity (Wildman–Crippen MR) is 124 cm³/mol. The van der Waals surface area contributed by atoms with Crippen LogP contribution in [0.5, 0.6) is 0 Å². The molecule has 0 radical (unpaired) electrons. The van der Waals surface area contributed by atoms with Gasteiger partial charge in [-0.05, 0) is 44.8 Å². The normalized spacial score (nSPS) is 16.5. The van der Waals surface area contributed by atoms with Crippen LogP contribution >= 0.6 is 18.4 Å². The second-order valence-corrected chi connectivity index (χ2v) is 12.0. The Labute approximate surface area is 190 Å². The van der Waals surface area contributed by atoms with Gasteiger partial charge < -0.3 is 19.3 Å². The third-order valence-corrected chi connectivity index (χ3v) is 10.4. The van der Waals surface area contributed by atoms with E-state index in [1.165, 1.54) is 4.90 Å². The minimum Gasteiger partial charge on any atom is -0.343 e. The fraction of sp³-hybridized carbons (Fsp3) is 0.812. The molecule has 1 aliphatic rings. The van der Waals surface area contributed by atoms with Gasteiger partial charge in [0.2, 0.25) is 5.04 Å². The van der Waals surface area contributed by atoms with E-state index in [4.69, 9.17) is 25.7 Å². The first kappa shape index (κ1) is 27.5. The summed E-state index contributed by atoms with van der Waals surface area (Å²) in [6.45, 7) is 1.32. The second-order valence-electron chi connectivity index (χ2n) is 6.37. The summed E-state index contributed by atoms with van der Waals surface area (Å²) in [5.74, 6) is -0.625. The van der Waals surface area contributed by atoms with Crippen molar-refractivity contribution < 1.29 is 27.7 Å². The van der Waals surface area contributed by atoms with Gasteiger partial charge >= 0.3 is 6.09 Å². The molecule has 1 fully saturated rings. The molecule has 174 valence electrons. The summed E-state index contributed by atoms with van der Waals surface area (Å²) in [5.41, 5.74) is 0. The van der Waals surface area contributed by atoms with Crippen LogP contribution in [0.25, 0.3) is 0 Å². The molecule has 0 aromatic rings. The van der Waals surface area contributed by atoms with E-state index in [1.807, 2.05) is 13.8 Å². The average Bonchev–Trinajstić information content (AvgIpc) is 3.20. The molecular weight excluding hydrogens is 471 g/mol. The lowest BCUT2D eigenvalue weighted by Crippen LogP contribution is -2.39. The number of carbonyl (C=O) groups excluding carboxylic acids is 2. The topological polar surface area (TPSA) is 110 Å². The van der Waals surface area contributed by atoms with Crippen LogP contribution in [0.1, 0.15) is 39.5 Å². The summed E-state index contributed by atoms with van der Waals surface area (Å²) >= 11 is 6.71. The molecule has 1 saturated carbocycles. The Morgan fingerprint density at radius 3 is 2.27 bits per heavy atom. The molecule has 0 saturated heterocycles. The Morgan fingerprint density at radius 2 is 1.80 bits per heavy atom. The van der Waals surface area contributed by atoms with Crippen molar-refractivity contribution in [3.8, 4) is 0 Å². The van der Waals surface area contributed by atoms with E-state index in [-0.39, 0.29) is 22.9 Å². The SMILES string of the molecule is CCOP(=S)(OCC)N(C1CCCC1)S(=O)CNC(=O)ON=C(SC)C(=O)N(C)C. The maximum Gasteiger partial charge on any atom is 0.434 e. The molecule has 1 unspecified atom stereocenters. The summed E-state index contributed by atoms with van der Waals surface area (Å²) < 4.78 is 26.2. The number of nitrogens with zero attached hydrogens (tertiary/aromatic N) is 3.